The third-order valence-corrected chi connectivity index (χ3v) is 3.75. The second kappa shape index (κ2) is 15.2. The normalized spacial score (nSPS) is 13.8. The highest BCUT2D eigenvalue weighted by molar-refractivity contribution is 5.86. The van der Waals surface area contributed by atoms with E-state index in [1.165, 1.54) is 27.6 Å². The summed E-state index contributed by atoms with van der Waals surface area (Å²) in [4.78, 5) is 18.4. The van der Waals surface area contributed by atoms with Crippen LogP contribution >= 0.6 is 0 Å². The summed E-state index contributed by atoms with van der Waals surface area (Å²) in [6.07, 6.45) is 6.77. The van der Waals surface area contributed by atoms with Crippen LogP contribution in [-0.2, 0) is 30.1 Å². The van der Waals surface area contributed by atoms with Gasteiger partial charge in [0.15, 0.2) is 11.6 Å². The Kier molecular flexibility index (Phi) is 12.8. The monoisotopic (exact) mass is 424 g/mol. The summed E-state index contributed by atoms with van der Waals surface area (Å²) in [5, 5.41) is 3.45. The van der Waals surface area contributed by atoms with E-state index in [4.69, 9.17) is 28.9 Å². The average Bonchev–Trinajstić information content (AvgIpc) is 3.21. The van der Waals surface area contributed by atoms with Crippen LogP contribution < -0.4 is 0 Å². The van der Waals surface area contributed by atoms with Crippen molar-refractivity contribution in [2.45, 2.75) is 32.0 Å². The van der Waals surface area contributed by atoms with E-state index in [9.17, 15) is 4.79 Å². The number of hydrogen-bond donors (Lipinski definition) is 0. The van der Waals surface area contributed by atoms with Gasteiger partial charge in [0, 0.05) is 32.1 Å². The summed E-state index contributed by atoms with van der Waals surface area (Å²) in [7, 11) is 4.33. The van der Waals surface area contributed by atoms with Crippen molar-refractivity contribution in [3.8, 4) is 0 Å². The molecule has 166 valence electrons. The molecule has 0 aliphatic rings. The molecule has 1 heterocycles. The standard InChI is InChI=1S/C19H28N4O7/c1-14(6-5-7-21-23-20)8-15(29-12-25-2)9-16(30-13-26-3)10-18-22-17(11-28-18)19(24)27-4/h5-6,8,11,15-16H,7,9-10,12-13H2,1-4H3/b6-5+,14-8+/t15-,16-/m1/s1. The summed E-state index contributed by atoms with van der Waals surface area (Å²) in [6.45, 7) is 2.33. The van der Waals surface area contributed by atoms with Crippen LogP contribution in [0.1, 0.15) is 29.7 Å². The zero-order valence-electron chi connectivity index (χ0n) is 17.6. The van der Waals surface area contributed by atoms with E-state index in [2.05, 4.69) is 19.7 Å². The summed E-state index contributed by atoms with van der Waals surface area (Å²) < 4.78 is 31.5. The maximum Gasteiger partial charge on any atom is 0.360 e. The molecule has 0 amide bonds. The van der Waals surface area contributed by atoms with Crippen LogP contribution in [-0.4, -0.2) is 64.6 Å². The molecule has 0 aliphatic heterocycles. The number of hydrogen-bond acceptors (Lipinski definition) is 9. The van der Waals surface area contributed by atoms with Gasteiger partial charge in [-0.2, -0.15) is 0 Å². The van der Waals surface area contributed by atoms with E-state index in [1.54, 1.807) is 6.08 Å². The number of nitrogens with zero attached hydrogens (tertiary/aromatic N) is 4. The van der Waals surface area contributed by atoms with Gasteiger partial charge in [-0.25, -0.2) is 9.78 Å². The summed E-state index contributed by atoms with van der Waals surface area (Å²) in [6, 6.07) is 0. The lowest BCUT2D eigenvalue weighted by Gasteiger charge is -2.21. The van der Waals surface area contributed by atoms with Crippen LogP contribution in [0.15, 0.2) is 39.6 Å². The second-order valence-corrected chi connectivity index (χ2v) is 6.09. The number of azide groups is 1. The van der Waals surface area contributed by atoms with Gasteiger partial charge in [0.25, 0.3) is 0 Å². The van der Waals surface area contributed by atoms with Gasteiger partial charge < -0.3 is 28.1 Å². The van der Waals surface area contributed by atoms with Crippen LogP contribution in [0.4, 0.5) is 0 Å². The molecule has 0 aromatic carbocycles. The quantitative estimate of drug-likeness (QED) is 0.104. The minimum atomic E-state index is -0.577. The van der Waals surface area contributed by atoms with Crippen LogP contribution in [0.3, 0.4) is 0 Å². The highest BCUT2D eigenvalue weighted by atomic mass is 16.7. The molecule has 0 unspecified atom stereocenters. The maximum atomic E-state index is 11.6. The predicted molar refractivity (Wildman–Crippen MR) is 107 cm³/mol. The van der Waals surface area contributed by atoms with Crippen molar-refractivity contribution in [1.29, 1.82) is 0 Å². The van der Waals surface area contributed by atoms with Gasteiger partial charge in [-0.15, -0.1) is 0 Å². The molecule has 1 rings (SSSR count). The number of carbonyl (C=O) groups excluding carboxylic acids is 1. The molecule has 0 radical (unpaired) electrons. The average molecular weight is 424 g/mol. The molecule has 0 saturated heterocycles. The number of methoxy groups -OCH3 is 3. The van der Waals surface area contributed by atoms with E-state index in [1.807, 2.05) is 19.1 Å². The number of allylic oxidation sites excluding steroid dienone is 2. The lowest BCUT2D eigenvalue weighted by atomic mass is 10.1. The van der Waals surface area contributed by atoms with Crippen molar-refractivity contribution < 1.29 is 32.9 Å². The van der Waals surface area contributed by atoms with E-state index in [-0.39, 0.29) is 38.0 Å². The third-order valence-electron chi connectivity index (χ3n) is 3.75. The number of carbonyl (C=O) groups is 1. The molecule has 30 heavy (non-hydrogen) atoms. The molecule has 0 N–H and O–H groups in total. The first-order valence-corrected chi connectivity index (χ1v) is 9.13. The van der Waals surface area contributed by atoms with Crippen molar-refractivity contribution in [1.82, 2.24) is 4.98 Å². The molecule has 0 spiro atoms. The number of rotatable bonds is 15. The number of aromatic nitrogens is 1. The summed E-state index contributed by atoms with van der Waals surface area (Å²) in [5.74, 6) is -0.247. The molecule has 0 aliphatic carbocycles. The summed E-state index contributed by atoms with van der Waals surface area (Å²) in [5.41, 5.74) is 9.33. The van der Waals surface area contributed by atoms with Crippen LogP contribution in [0.5, 0.6) is 0 Å². The van der Waals surface area contributed by atoms with Gasteiger partial charge in [-0.1, -0.05) is 28.9 Å². The fourth-order valence-electron chi connectivity index (χ4n) is 2.44. The van der Waals surface area contributed by atoms with Crippen LogP contribution in [0.25, 0.3) is 10.4 Å². The Morgan fingerprint density at radius 1 is 1.30 bits per heavy atom. The molecule has 2 atom stereocenters. The number of oxazole rings is 1. The van der Waals surface area contributed by atoms with Gasteiger partial charge in [-0.05, 0) is 12.5 Å². The highest BCUT2D eigenvalue weighted by Gasteiger charge is 2.21. The molecule has 1 aromatic heterocycles. The second-order valence-electron chi connectivity index (χ2n) is 6.09. The lowest BCUT2D eigenvalue weighted by molar-refractivity contribution is -0.104. The van der Waals surface area contributed by atoms with Crippen molar-refractivity contribution >= 4 is 5.97 Å². The van der Waals surface area contributed by atoms with E-state index in [0.29, 0.717) is 18.7 Å². The highest BCUT2D eigenvalue weighted by Crippen LogP contribution is 2.16. The van der Waals surface area contributed by atoms with Gasteiger partial charge >= 0.3 is 5.97 Å². The predicted octanol–water partition coefficient (Wildman–Crippen LogP) is 3.18. The maximum absolute atomic E-state index is 11.6. The van der Waals surface area contributed by atoms with Crippen LogP contribution in [0, 0.1) is 0 Å². The fourth-order valence-corrected chi connectivity index (χ4v) is 2.44. The van der Waals surface area contributed by atoms with Gasteiger partial charge in [0.05, 0.1) is 25.7 Å². The topological polar surface area (TPSA) is 138 Å². The van der Waals surface area contributed by atoms with Crippen molar-refractivity contribution in [3.05, 3.63) is 52.1 Å². The number of esters is 1. The fraction of sp³-hybridized carbons (Fsp3) is 0.579. The zero-order chi connectivity index (χ0) is 22.2. The van der Waals surface area contributed by atoms with Gasteiger partial charge in [-0.3, -0.25) is 0 Å². The largest absolute Gasteiger partial charge is 0.464 e. The van der Waals surface area contributed by atoms with E-state index >= 15 is 0 Å². The minimum absolute atomic E-state index is 0.0704. The first kappa shape index (κ1) is 25.3. The Morgan fingerprint density at radius 3 is 2.70 bits per heavy atom. The van der Waals surface area contributed by atoms with Crippen LogP contribution in [0.2, 0.25) is 0 Å². The first-order valence-electron chi connectivity index (χ1n) is 9.13. The molecule has 11 heteroatoms. The summed E-state index contributed by atoms with van der Waals surface area (Å²) >= 11 is 0. The SMILES string of the molecule is COCO[C@@H](Cc1nc(C(=O)OC)co1)C[C@@H](/C=C(C)/C=C/CN=[N+]=[N-])OCOC. The smallest absolute Gasteiger partial charge is 0.360 e. The lowest BCUT2D eigenvalue weighted by Crippen LogP contribution is -2.26. The zero-order valence-corrected chi connectivity index (χ0v) is 17.6. The molecular weight excluding hydrogens is 396 g/mol. The Balaban J connectivity index is 2.88. The van der Waals surface area contributed by atoms with E-state index in [0.717, 1.165) is 5.57 Å². The van der Waals surface area contributed by atoms with Gasteiger partial charge in [0.1, 0.15) is 19.8 Å². The van der Waals surface area contributed by atoms with Gasteiger partial charge in [0.2, 0.25) is 0 Å². The van der Waals surface area contributed by atoms with E-state index < -0.39 is 5.97 Å². The molecular formula is C19H28N4O7. The molecule has 0 fully saturated rings. The third kappa shape index (κ3) is 10.2. The Bertz CT molecular complexity index is 741. The Labute approximate surface area is 175 Å². The van der Waals surface area contributed by atoms with Crippen molar-refractivity contribution in [3.63, 3.8) is 0 Å². The van der Waals surface area contributed by atoms with Crippen molar-refractivity contribution in [2.75, 3.05) is 41.5 Å². The Morgan fingerprint density at radius 2 is 2.03 bits per heavy atom. The Hall–Kier alpha value is -2.69. The first-order chi connectivity index (χ1) is 14.5. The van der Waals surface area contributed by atoms with Crippen molar-refractivity contribution in [2.24, 2.45) is 5.11 Å². The molecule has 11 nitrogen and oxygen atoms in total. The molecule has 0 bridgehead atoms. The minimum Gasteiger partial charge on any atom is -0.464 e. The molecule has 1 aromatic rings. The number of ether oxygens (including phenoxy) is 5. The molecule has 0 saturated carbocycles.